The molecule has 99 valence electrons. The largest absolute Gasteiger partial charge is 0.0991 e. The molecule has 0 aromatic carbocycles. The third-order valence-electron chi connectivity index (χ3n) is 3.06. The molecule has 0 aromatic rings. The Morgan fingerprint density at radius 2 is 1.35 bits per heavy atom. The van der Waals surface area contributed by atoms with Gasteiger partial charge in [0.25, 0.3) is 0 Å². The maximum absolute atomic E-state index is 3.66. The van der Waals surface area contributed by atoms with E-state index in [-0.39, 0.29) is 0 Å². The summed E-state index contributed by atoms with van der Waals surface area (Å²) in [4.78, 5) is 0. The fraction of sp³-hybridized carbons (Fsp3) is 0.706. The van der Waals surface area contributed by atoms with Crippen LogP contribution in [0.5, 0.6) is 0 Å². The maximum atomic E-state index is 3.66. The highest BCUT2D eigenvalue weighted by molar-refractivity contribution is 4.96. The lowest BCUT2D eigenvalue weighted by Gasteiger charge is -2.01. The molecule has 0 heterocycles. The van der Waals surface area contributed by atoms with Gasteiger partial charge in [0.15, 0.2) is 0 Å². The van der Waals surface area contributed by atoms with Crippen molar-refractivity contribution in [1.29, 1.82) is 0 Å². The van der Waals surface area contributed by atoms with Gasteiger partial charge >= 0.3 is 0 Å². The summed E-state index contributed by atoms with van der Waals surface area (Å²) >= 11 is 0. The molecule has 0 atom stereocenters. The zero-order chi connectivity index (χ0) is 12.6. The highest BCUT2D eigenvalue weighted by Gasteiger charge is 1.92. The van der Waals surface area contributed by atoms with Gasteiger partial charge in [0, 0.05) is 0 Å². The van der Waals surface area contributed by atoms with Crippen molar-refractivity contribution in [2.75, 3.05) is 0 Å². The molecule has 0 saturated carbocycles. The summed E-state index contributed by atoms with van der Waals surface area (Å²) in [5.41, 5.74) is 0. The van der Waals surface area contributed by atoms with Crippen LogP contribution in [0, 0.1) is 6.42 Å². The third kappa shape index (κ3) is 15.5. The van der Waals surface area contributed by atoms with E-state index in [1.54, 1.807) is 0 Å². The number of unbranched alkanes of at least 4 members (excludes halogenated alkanes) is 11. The molecule has 0 bridgehead atoms. The second-order valence-electron chi connectivity index (χ2n) is 4.79. The van der Waals surface area contributed by atoms with Gasteiger partial charge in [-0.15, -0.1) is 0 Å². The summed E-state index contributed by atoms with van der Waals surface area (Å²) in [6.07, 6.45) is 23.6. The summed E-state index contributed by atoms with van der Waals surface area (Å²) in [6, 6.07) is 0. The van der Waals surface area contributed by atoms with Crippen molar-refractivity contribution in [2.45, 2.75) is 77.6 Å². The van der Waals surface area contributed by atoms with Gasteiger partial charge < -0.3 is 0 Å². The Hall–Kier alpha value is -0.520. The molecule has 0 fully saturated rings. The Balaban J connectivity index is 2.93. The minimum Gasteiger partial charge on any atom is -0.0991 e. The smallest absolute Gasteiger partial charge is 0.0348 e. The number of hydrogen-bond acceptors (Lipinski definition) is 0. The van der Waals surface area contributed by atoms with Gasteiger partial charge in [-0.3, -0.25) is 0 Å². The van der Waals surface area contributed by atoms with Crippen molar-refractivity contribution in [3.05, 3.63) is 31.2 Å². The number of rotatable bonds is 13. The van der Waals surface area contributed by atoms with E-state index < -0.39 is 0 Å². The van der Waals surface area contributed by atoms with Crippen molar-refractivity contribution in [3.63, 3.8) is 0 Å². The maximum Gasteiger partial charge on any atom is -0.0348 e. The van der Waals surface area contributed by atoms with E-state index in [0.29, 0.717) is 0 Å². The lowest BCUT2D eigenvalue weighted by Crippen LogP contribution is -1.82. The molecule has 0 aliphatic heterocycles. The fourth-order valence-electron chi connectivity index (χ4n) is 1.96. The van der Waals surface area contributed by atoms with Crippen LogP contribution in [-0.2, 0) is 0 Å². The van der Waals surface area contributed by atoms with Crippen molar-refractivity contribution in [2.24, 2.45) is 0 Å². The molecular weight excluding hydrogens is 204 g/mol. The van der Waals surface area contributed by atoms with Crippen LogP contribution in [0.2, 0.25) is 0 Å². The van der Waals surface area contributed by atoms with Crippen molar-refractivity contribution >= 4 is 0 Å². The van der Waals surface area contributed by atoms with Gasteiger partial charge in [0.05, 0.1) is 0 Å². The lowest BCUT2D eigenvalue weighted by molar-refractivity contribution is 0.609. The monoisotopic (exact) mass is 235 g/mol. The summed E-state index contributed by atoms with van der Waals surface area (Å²) in [6.45, 7) is 5.94. The zero-order valence-corrected chi connectivity index (χ0v) is 11.8. The normalized spacial score (nSPS) is 11.1. The van der Waals surface area contributed by atoms with Crippen molar-refractivity contribution in [3.8, 4) is 0 Å². The molecule has 0 rings (SSSR count). The Morgan fingerprint density at radius 1 is 0.765 bits per heavy atom. The van der Waals surface area contributed by atoms with E-state index in [1.165, 1.54) is 70.6 Å². The van der Waals surface area contributed by atoms with E-state index in [2.05, 4.69) is 26.0 Å². The van der Waals surface area contributed by atoms with Crippen LogP contribution in [0.1, 0.15) is 77.6 Å². The molecule has 0 saturated heterocycles. The van der Waals surface area contributed by atoms with E-state index in [4.69, 9.17) is 0 Å². The third-order valence-corrected chi connectivity index (χ3v) is 3.06. The second kappa shape index (κ2) is 15.5. The quantitative estimate of drug-likeness (QED) is 0.262. The molecule has 0 spiro atoms. The molecular formula is C17H31. The van der Waals surface area contributed by atoms with E-state index in [0.717, 1.165) is 0 Å². The van der Waals surface area contributed by atoms with Crippen LogP contribution in [-0.4, -0.2) is 0 Å². The van der Waals surface area contributed by atoms with E-state index >= 15 is 0 Å². The molecule has 0 aliphatic rings. The average Bonchev–Trinajstić information content (AvgIpc) is 2.35. The van der Waals surface area contributed by atoms with Crippen molar-refractivity contribution < 1.29 is 0 Å². The fourth-order valence-corrected chi connectivity index (χ4v) is 1.96. The van der Waals surface area contributed by atoms with Crippen LogP contribution < -0.4 is 0 Å². The Bertz CT molecular complexity index is 167. The van der Waals surface area contributed by atoms with Crippen LogP contribution in [0.3, 0.4) is 0 Å². The molecule has 0 N–H and O–H groups in total. The van der Waals surface area contributed by atoms with Gasteiger partial charge in [-0.05, 0) is 19.3 Å². The highest BCUT2D eigenvalue weighted by atomic mass is 14.0. The van der Waals surface area contributed by atoms with Gasteiger partial charge in [-0.2, -0.15) is 0 Å². The molecule has 0 nitrogen and oxygen atoms in total. The van der Waals surface area contributed by atoms with Crippen LogP contribution >= 0.6 is 0 Å². The van der Waals surface area contributed by atoms with Gasteiger partial charge in [0.1, 0.15) is 0 Å². The molecule has 0 heteroatoms. The Morgan fingerprint density at radius 3 is 2.00 bits per heavy atom. The number of hydrogen-bond donors (Lipinski definition) is 0. The molecule has 1 radical (unpaired) electrons. The first kappa shape index (κ1) is 16.5. The number of allylic oxidation sites excluding steroid dienone is 3. The summed E-state index contributed by atoms with van der Waals surface area (Å²) < 4.78 is 0. The molecule has 0 unspecified atom stereocenters. The summed E-state index contributed by atoms with van der Waals surface area (Å²) in [5, 5.41) is 0. The Labute approximate surface area is 109 Å². The first-order valence-corrected chi connectivity index (χ1v) is 7.51. The molecule has 0 aromatic heterocycles. The lowest BCUT2D eigenvalue weighted by atomic mass is 10.1. The second-order valence-corrected chi connectivity index (χ2v) is 4.79. The first-order valence-electron chi connectivity index (χ1n) is 7.51. The van der Waals surface area contributed by atoms with Crippen LogP contribution in [0.25, 0.3) is 0 Å². The van der Waals surface area contributed by atoms with Crippen LogP contribution in [0.4, 0.5) is 0 Å². The van der Waals surface area contributed by atoms with Crippen molar-refractivity contribution in [1.82, 2.24) is 0 Å². The predicted octanol–water partition coefficient (Wildman–Crippen LogP) is 6.24. The molecule has 17 heavy (non-hydrogen) atoms. The first-order chi connectivity index (χ1) is 8.41. The SMILES string of the molecule is C=C/C=C/CCCCC[CH]CCCCCCC. The molecule has 0 aliphatic carbocycles. The van der Waals surface area contributed by atoms with E-state index in [1.807, 2.05) is 12.2 Å². The topological polar surface area (TPSA) is 0 Å². The van der Waals surface area contributed by atoms with Gasteiger partial charge in [0.2, 0.25) is 0 Å². The predicted molar refractivity (Wildman–Crippen MR) is 80.1 cm³/mol. The minimum atomic E-state index is 1.21. The van der Waals surface area contributed by atoms with Gasteiger partial charge in [-0.1, -0.05) is 89.5 Å². The standard InChI is InChI=1S/C17H31/c1-3-5-7-9-11-13-15-17-16-14-12-10-8-6-4-2/h3,5,7,16H,1,4,6,8-15,17H2,2H3/b7-5+. The summed E-state index contributed by atoms with van der Waals surface area (Å²) in [5.74, 6) is 0. The minimum absolute atomic E-state index is 1.21. The zero-order valence-electron chi connectivity index (χ0n) is 11.8. The Kier molecular flexibility index (Phi) is 15.0. The summed E-state index contributed by atoms with van der Waals surface area (Å²) in [7, 11) is 0. The van der Waals surface area contributed by atoms with E-state index in [9.17, 15) is 0 Å². The molecule has 0 amide bonds. The highest BCUT2D eigenvalue weighted by Crippen LogP contribution is 2.11. The van der Waals surface area contributed by atoms with Crippen LogP contribution in [0.15, 0.2) is 24.8 Å². The van der Waals surface area contributed by atoms with Gasteiger partial charge in [-0.25, -0.2) is 0 Å². The average molecular weight is 235 g/mol.